The Morgan fingerprint density at radius 3 is 2.75 bits per heavy atom. The Hall–Kier alpha value is -1.05. The number of nitrogens with zero attached hydrogens (tertiary/aromatic N) is 2. The summed E-state index contributed by atoms with van der Waals surface area (Å²) in [5.74, 6) is -0.158. The zero-order valence-electron chi connectivity index (χ0n) is 10.4. The third kappa shape index (κ3) is 2.34. The Morgan fingerprint density at radius 1 is 1.40 bits per heavy atom. The molecule has 1 fully saturated rings. The van der Waals surface area contributed by atoms with Gasteiger partial charge in [-0.1, -0.05) is 13.0 Å². The van der Waals surface area contributed by atoms with E-state index >= 15 is 0 Å². The van der Waals surface area contributed by atoms with Crippen LogP contribution in [0.4, 0.5) is 5.69 Å². The number of hydrogen-bond acceptors (Lipinski definition) is 5. The number of fused-ring (bicyclic) bond motifs is 1. The summed E-state index contributed by atoms with van der Waals surface area (Å²) in [4.78, 5) is 0. The van der Waals surface area contributed by atoms with Crippen LogP contribution in [0, 0.1) is 5.41 Å². The van der Waals surface area contributed by atoms with Crippen LogP contribution in [0.5, 0.6) is 0 Å². The lowest BCUT2D eigenvalue weighted by Gasteiger charge is -2.13. The van der Waals surface area contributed by atoms with Gasteiger partial charge in [0, 0.05) is 5.41 Å². The van der Waals surface area contributed by atoms with Crippen LogP contribution in [-0.4, -0.2) is 28.8 Å². The van der Waals surface area contributed by atoms with Crippen molar-refractivity contribution < 1.29 is 13.0 Å². The topological polar surface area (TPSA) is 85.1 Å². The first-order valence-corrected chi connectivity index (χ1v) is 8.23. The quantitative estimate of drug-likeness (QED) is 0.868. The molecule has 1 heterocycles. The van der Waals surface area contributed by atoms with E-state index in [0.717, 1.165) is 0 Å². The van der Waals surface area contributed by atoms with Crippen molar-refractivity contribution in [2.45, 2.75) is 17.7 Å². The van der Waals surface area contributed by atoms with Crippen LogP contribution in [0.1, 0.15) is 13.3 Å². The number of benzene rings is 1. The molecule has 0 amide bonds. The minimum atomic E-state index is -3.60. The van der Waals surface area contributed by atoms with Crippen LogP contribution in [0.15, 0.2) is 22.8 Å². The molecule has 1 saturated carbocycles. The molecule has 1 atom stereocenters. The number of hydrogen-bond donors (Lipinski definition) is 1. The highest BCUT2D eigenvalue weighted by Crippen LogP contribution is 2.64. The molecule has 0 bridgehead atoms. The summed E-state index contributed by atoms with van der Waals surface area (Å²) >= 11 is 11.9. The maximum atomic E-state index is 12.2. The first-order valence-electron chi connectivity index (χ1n) is 5.82. The second kappa shape index (κ2) is 4.22. The number of alkyl halides is 2. The van der Waals surface area contributed by atoms with Gasteiger partial charge in [0.1, 0.15) is 9.85 Å². The van der Waals surface area contributed by atoms with Gasteiger partial charge in [-0.05, 0) is 28.9 Å². The van der Waals surface area contributed by atoms with Gasteiger partial charge in [-0.2, -0.15) is 0 Å². The molecule has 1 unspecified atom stereocenters. The Labute approximate surface area is 125 Å². The van der Waals surface area contributed by atoms with Crippen molar-refractivity contribution in [1.29, 1.82) is 0 Å². The summed E-state index contributed by atoms with van der Waals surface area (Å²) in [6.07, 6.45) is 0.444. The highest BCUT2D eigenvalue weighted by Gasteiger charge is 2.64. The smallest absolute Gasteiger partial charge is 0.233 e. The van der Waals surface area contributed by atoms with Gasteiger partial charge in [0.2, 0.25) is 10.0 Å². The minimum absolute atomic E-state index is 0.158. The third-order valence-electron chi connectivity index (χ3n) is 3.43. The van der Waals surface area contributed by atoms with Crippen LogP contribution in [-0.2, 0) is 10.0 Å². The largest absolute Gasteiger partial charge is 0.281 e. The number of halogens is 2. The SMILES string of the molecule is CC1(CS(=O)(=O)Nc2cccc3nonc23)CC1(Cl)Cl. The predicted molar refractivity (Wildman–Crippen MR) is 76.4 cm³/mol. The number of aromatic nitrogens is 2. The summed E-state index contributed by atoms with van der Waals surface area (Å²) in [5, 5.41) is 7.33. The molecule has 20 heavy (non-hydrogen) atoms. The van der Waals surface area contributed by atoms with Gasteiger partial charge in [0.15, 0.2) is 5.52 Å². The molecule has 0 radical (unpaired) electrons. The molecule has 6 nitrogen and oxygen atoms in total. The second-order valence-electron chi connectivity index (χ2n) is 5.24. The Kier molecular flexibility index (Phi) is 2.94. The van der Waals surface area contributed by atoms with E-state index in [1.807, 2.05) is 0 Å². The molecule has 2 aromatic rings. The fraction of sp³-hybridized carbons (Fsp3) is 0.455. The molecule has 1 aromatic heterocycles. The zero-order chi connectivity index (χ0) is 14.6. The van der Waals surface area contributed by atoms with Crippen molar-refractivity contribution in [3.63, 3.8) is 0 Å². The standard InChI is InChI=1S/C11H11Cl2N3O3S/c1-10(5-11(10,12)13)6-20(17,18)16-8-4-2-3-7-9(8)15-19-14-7/h2-4,16H,5-6H2,1H3. The van der Waals surface area contributed by atoms with Crippen LogP contribution in [0.2, 0.25) is 0 Å². The summed E-state index contributed by atoms with van der Waals surface area (Å²) in [5.41, 5.74) is 0.521. The third-order valence-corrected chi connectivity index (χ3v) is 6.16. The second-order valence-corrected chi connectivity index (χ2v) is 8.45. The van der Waals surface area contributed by atoms with Gasteiger partial charge >= 0.3 is 0 Å². The van der Waals surface area contributed by atoms with E-state index in [2.05, 4.69) is 19.7 Å². The van der Waals surface area contributed by atoms with Crippen molar-refractivity contribution in [3.8, 4) is 0 Å². The number of rotatable bonds is 4. The molecule has 108 valence electrons. The van der Waals surface area contributed by atoms with Crippen LogP contribution in [0.3, 0.4) is 0 Å². The highest BCUT2D eigenvalue weighted by molar-refractivity contribution is 7.92. The summed E-state index contributed by atoms with van der Waals surface area (Å²) in [6, 6.07) is 4.93. The van der Waals surface area contributed by atoms with Gasteiger partial charge in [0.25, 0.3) is 0 Å². The lowest BCUT2D eigenvalue weighted by Crippen LogP contribution is -2.25. The van der Waals surface area contributed by atoms with E-state index in [1.165, 1.54) is 0 Å². The average Bonchev–Trinajstić information content (AvgIpc) is 2.70. The number of anilines is 1. The minimum Gasteiger partial charge on any atom is -0.281 e. The van der Waals surface area contributed by atoms with Crippen molar-refractivity contribution in [1.82, 2.24) is 10.3 Å². The Bertz CT molecular complexity index is 774. The average molecular weight is 336 g/mol. The summed E-state index contributed by atoms with van der Waals surface area (Å²) < 4.78 is 30.5. The lowest BCUT2D eigenvalue weighted by atomic mass is 10.2. The zero-order valence-corrected chi connectivity index (χ0v) is 12.8. The summed E-state index contributed by atoms with van der Waals surface area (Å²) in [7, 11) is -3.60. The van der Waals surface area contributed by atoms with Crippen molar-refractivity contribution >= 4 is 49.9 Å². The van der Waals surface area contributed by atoms with E-state index < -0.39 is 19.8 Å². The van der Waals surface area contributed by atoms with Crippen LogP contribution in [0.25, 0.3) is 11.0 Å². The maximum absolute atomic E-state index is 12.2. The predicted octanol–water partition coefficient (Wildman–Crippen LogP) is 2.55. The van der Waals surface area contributed by atoms with E-state index in [4.69, 9.17) is 23.2 Å². The van der Waals surface area contributed by atoms with Crippen molar-refractivity contribution in [2.75, 3.05) is 10.5 Å². The fourth-order valence-electron chi connectivity index (χ4n) is 2.11. The highest BCUT2D eigenvalue weighted by atomic mass is 35.5. The maximum Gasteiger partial charge on any atom is 0.233 e. The fourth-order valence-corrected chi connectivity index (χ4v) is 4.76. The van der Waals surface area contributed by atoms with E-state index in [0.29, 0.717) is 23.1 Å². The summed E-state index contributed by atoms with van der Waals surface area (Å²) in [6.45, 7) is 1.74. The van der Waals surface area contributed by atoms with E-state index in [9.17, 15) is 8.42 Å². The van der Waals surface area contributed by atoms with Gasteiger partial charge < -0.3 is 0 Å². The monoisotopic (exact) mass is 335 g/mol. The van der Waals surface area contributed by atoms with E-state index in [-0.39, 0.29) is 5.75 Å². The lowest BCUT2D eigenvalue weighted by molar-refractivity contribution is 0.315. The molecule has 1 aliphatic carbocycles. The molecular weight excluding hydrogens is 325 g/mol. The molecule has 0 saturated heterocycles. The van der Waals surface area contributed by atoms with Crippen molar-refractivity contribution in [2.24, 2.45) is 5.41 Å². The van der Waals surface area contributed by atoms with Gasteiger partial charge in [-0.15, -0.1) is 23.2 Å². The van der Waals surface area contributed by atoms with Crippen LogP contribution < -0.4 is 4.72 Å². The normalized spacial score (nSPS) is 24.8. The molecule has 1 N–H and O–H groups in total. The first kappa shape index (κ1) is 13.9. The molecule has 9 heteroatoms. The van der Waals surface area contributed by atoms with Crippen molar-refractivity contribution in [3.05, 3.63) is 18.2 Å². The van der Waals surface area contributed by atoms with Gasteiger partial charge in [0.05, 0.1) is 11.4 Å². The van der Waals surface area contributed by atoms with Crippen LogP contribution >= 0.6 is 23.2 Å². The molecule has 1 aliphatic rings. The first-order chi connectivity index (χ1) is 9.23. The van der Waals surface area contributed by atoms with Gasteiger partial charge in [-0.3, -0.25) is 4.72 Å². The molecule has 1 aromatic carbocycles. The molecular formula is C11H11Cl2N3O3S. The number of sulfonamides is 1. The Morgan fingerprint density at radius 2 is 2.10 bits per heavy atom. The molecule has 0 aliphatic heterocycles. The van der Waals surface area contributed by atoms with E-state index in [1.54, 1.807) is 25.1 Å². The van der Waals surface area contributed by atoms with Gasteiger partial charge in [-0.25, -0.2) is 13.0 Å². The number of nitrogens with one attached hydrogen (secondary N) is 1. The molecule has 0 spiro atoms. The molecule has 3 rings (SSSR count). The Balaban J connectivity index is 1.85.